The molecule has 0 saturated carbocycles. The number of hydrogen-bond donors (Lipinski definition) is 1. The van der Waals surface area contributed by atoms with Gasteiger partial charge in [-0.2, -0.15) is 0 Å². The van der Waals surface area contributed by atoms with E-state index < -0.39 is 23.5 Å². The summed E-state index contributed by atoms with van der Waals surface area (Å²) in [4.78, 5) is 23.1. The van der Waals surface area contributed by atoms with Crippen LogP contribution in [0, 0.1) is 0 Å². The Morgan fingerprint density at radius 2 is 1.46 bits per heavy atom. The van der Waals surface area contributed by atoms with E-state index in [1.165, 1.54) is 0 Å². The first kappa shape index (κ1) is 19.8. The van der Waals surface area contributed by atoms with Gasteiger partial charge in [0.25, 0.3) is 0 Å². The summed E-state index contributed by atoms with van der Waals surface area (Å²) in [6.07, 6.45) is -0.527. The van der Waals surface area contributed by atoms with E-state index in [1.54, 1.807) is 32.9 Å². The number of amides is 1. The summed E-state index contributed by atoms with van der Waals surface area (Å²) >= 11 is 0. The maximum absolute atomic E-state index is 11.6. The maximum atomic E-state index is 11.6. The first-order valence-electron chi connectivity index (χ1n) is 7.91. The van der Waals surface area contributed by atoms with Crippen LogP contribution in [0.25, 0.3) is 0 Å². The molecule has 0 spiro atoms. The van der Waals surface area contributed by atoms with Gasteiger partial charge in [-0.15, -0.1) is 0 Å². The molecule has 1 amide bonds. The molecule has 0 unspecified atom stereocenters. The monoisotopic (exact) mass is 337 g/mol. The van der Waals surface area contributed by atoms with E-state index in [0.29, 0.717) is 18.7 Å². The topological polar surface area (TPSA) is 73.9 Å². The lowest BCUT2D eigenvalue weighted by Gasteiger charge is -2.19. The molecule has 0 fully saturated rings. The minimum Gasteiger partial charge on any atom is -0.444 e. The molecule has 1 aromatic carbocycles. The number of alkyl carbamates (subject to hydrolysis) is 1. The highest BCUT2D eigenvalue weighted by atomic mass is 16.7. The second-order valence-corrected chi connectivity index (χ2v) is 7.39. The van der Waals surface area contributed by atoms with Crippen LogP contribution in [-0.2, 0) is 15.9 Å². The molecule has 0 aliphatic heterocycles. The van der Waals surface area contributed by atoms with Crippen LogP contribution < -0.4 is 10.1 Å². The van der Waals surface area contributed by atoms with Crippen LogP contribution in [0.5, 0.6) is 5.75 Å². The predicted molar refractivity (Wildman–Crippen MR) is 91.2 cm³/mol. The third-order valence-electron chi connectivity index (χ3n) is 2.60. The van der Waals surface area contributed by atoms with Crippen molar-refractivity contribution in [1.82, 2.24) is 5.32 Å². The number of carbonyl (C=O) groups excluding carboxylic acids is 2. The Bertz CT molecular complexity index is 552. The van der Waals surface area contributed by atoms with Crippen molar-refractivity contribution in [2.75, 3.05) is 6.54 Å². The van der Waals surface area contributed by atoms with E-state index in [9.17, 15) is 9.59 Å². The zero-order chi connectivity index (χ0) is 18.4. The molecule has 1 rings (SSSR count). The van der Waals surface area contributed by atoms with Crippen molar-refractivity contribution in [3.63, 3.8) is 0 Å². The van der Waals surface area contributed by atoms with Crippen LogP contribution in [0.2, 0.25) is 0 Å². The van der Waals surface area contributed by atoms with Gasteiger partial charge in [0.1, 0.15) is 17.0 Å². The van der Waals surface area contributed by atoms with Crippen molar-refractivity contribution >= 4 is 12.2 Å². The molecule has 6 nitrogen and oxygen atoms in total. The van der Waals surface area contributed by atoms with Crippen LogP contribution in [0.1, 0.15) is 47.1 Å². The highest BCUT2D eigenvalue weighted by Crippen LogP contribution is 2.15. The first-order chi connectivity index (χ1) is 10.9. The third kappa shape index (κ3) is 9.02. The van der Waals surface area contributed by atoms with Crippen molar-refractivity contribution < 1.29 is 23.8 Å². The molecule has 134 valence electrons. The second kappa shape index (κ2) is 8.04. The molecule has 24 heavy (non-hydrogen) atoms. The van der Waals surface area contributed by atoms with Gasteiger partial charge in [0.05, 0.1) is 0 Å². The number of nitrogens with one attached hydrogen (secondary N) is 1. The Morgan fingerprint density at radius 1 is 0.917 bits per heavy atom. The predicted octanol–water partition coefficient (Wildman–Crippen LogP) is 4.07. The van der Waals surface area contributed by atoms with Crippen LogP contribution in [0.15, 0.2) is 24.3 Å². The molecule has 0 aliphatic carbocycles. The van der Waals surface area contributed by atoms with Crippen molar-refractivity contribution in [1.29, 1.82) is 0 Å². The normalized spacial score (nSPS) is 11.6. The molecule has 0 radical (unpaired) electrons. The Kier molecular flexibility index (Phi) is 6.63. The largest absolute Gasteiger partial charge is 0.514 e. The summed E-state index contributed by atoms with van der Waals surface area (Å²) in [6, 6.07) is 7.03. The molecule has 0 saturated heterocycles. The van der Waals surface area contributed by atoms with Crippen LogP contribution >= 0.6 is 0 Å². The number of carbonyl (C=O) groups is 2. The lowest BCUT2D eigenvalue weighted by Crippen LogP contribution is -2.33. The Balaban J connectivity index is 2.40. The molecule has 1 N–H and O–H groups in total. The summed E-state index contributed by atoms with van der Waals surface area (Å²) in [7, 11) is 0. The van der Waals surface area contributed by atoms with Crippen LogP contribution in [0.3, 0.4) is 0 Å². The maximum Gasteiger partial charge on any atom is 0.514 e. The third-order valence-corrected chi connectivity index (χ3v) is 2.60. The minimum atomic E-state index is -0.734. The van der Waals surface area contributed by atoms with E-state index in [0.717, 1.165) is 5.56 Å². The Morgan fingerprint density at radius 3 is 1.96 bits per heavy atom. The molecule has 0 atom stereocenters. The van der Waals surface area contributed by atoms with Crippen molar-refractivity contribution in [3.05, 3.63) is 29.8 Å². The van der Waals surface area contributed by atoms with E-state index in [2.05, 4.69) is 5.32 Å². The molecule has 0 aromatic heterocycles. The standard InChI is InChI=1S/C18H27NO5/c1-17(2,3)23-15(20)19-12-11-13-7-9-14(10-8-13)22-16(21)24-18(4,5)6/h7-10H,11-12H2,1-6H3,(H,19,20). The number of rotatable bonds is 4. The van der Waals surface area contributed by atoms with Crippen molar-refractivity contribution in [2.24, 2.45) is 0 Å². The summed E-state index contributed by atoms with van der Waals surface area (Å²) in [5.74, 6) is 0.410. The molecule has 6 heteroatoms. The molecular weight excluding hydrogens is 310 g/mol. The van der Waals surface area contributed by atoms with E-state index in [4.69, 9.17) is 14.2 Å². The Hall–Kier alpha value is -2.24. The minimum absolute atomic E-state index is 0.410. The number of hydrogen-bond acceptors (Lipinski definition) is 5. The average Bonchev–Trinajstić information content (AvgIpc) is 2.36. The van der Waals surface area contributed by atoms with Gasteiger partial charge < -0.3 is 19.5 Å². The van der Waals surface area contributed by atoms with E-state index >= 15 is 0 Å². The summed E-state index contributed by atoms with van der Waals surface area (Å²) in [6.45, 7) is 11.2. The SMILES string of the molecule is CC(C)(C)OC(=O)NCCc1ccc(OC(=O)OC(C)(C)C)cc1. The average molecular weight is 337 g/mol. The van der Waals surface area contributed by atoms with E-state index in [-0.39, 0.29) is 0 Å². The summed E-state index contributed by atoms with van der Waals surface area (Å²) < 4.78 is 15.3. The molecular formula is C18H27NO5. The van der Waals surface area contributed by atoms with Gasteiger partial charge in [-0.3, -0.25) is 0 Å². The van der Waals surface area contributed by atoms with Crippen molar-refractivity contribution in [2.45, 2.75) is 59.2 Å². The molecule has 0 heterocycles. The van der Waals surface area contributed by atoms with Crippen LogP contribution in [0.4, 0.5) is 9.59 Å². The highest BCUT2D eigenvalue weighted by molar-refractivity contribution is 5.67. The fraction of sp³-hybridized carbons (Fsp3) is 0.556. The van der Waals surface area contributed by atoms with E-state index in [1.807, 2.05) is 32.9 Å². The lowest BCUT2D eigenvalue weighted by atomic mass is 10.1. The Labute approximate surface area is 143 Å². The molecule has 0 aliphatic rings. The first-order valence-corrected chi connectivity index (χ1v) is 7.91. The zero-order valence-corrected chi connectivity index (χ0v) is 15.3. The number of benzene rings is 1. The quantitative estimate of drug-likeness (QED) is 0.662. The fourth-order valence-corrected chi connectivity index (χ4v) is 1.71. The van der Waals surface area contributed by atoms with Gasteiger partial charge in [0, 0.05) is 6.54 Å². The van der Waals surface area contributed by atoms with Gasteiger partial charge in [0.2, 0.25) is 0 Å². The summed E-state index contributed by atoms with van der Waals surface area (Å²) in [5, 5.41) is 2.69. The highest BCUT2D eigenvalue weighted by Gasteiger charge is 2.18. The van der Waals surface area contributed by atoms with Gasteiger partial charge in [0.15, 0.2) is 0 Å². The van der Waals surface area contributed by atoms with Crippen LogP contribution in [-0.4, -0.2) is 30.0 Å². The van der Waals surface area contributed by atoms with Gasteiger partial charge in [-0.05, 0) is 65.7 Å². The van der Waals surface area contributed by atoms with Gasteiger partial charge in [-0.1, -0.05) is 12.1 Å². The zero-order valence-electron chi connectivity index (χ0n) is 15.3. The fourth-order valence-electron chi connectivity index (χ4n) is 1.71. The summed E-state index contributed by atoms with van der Waals surface area (Å²) in [5.41, 5.74) is -0.0997. The molecule has 1 aromatic rings. The number of ether oxygens (including phenoxy) is 3. The van der Waals surface area contributed by atoms with Gasteiger partial charge in [-0.25, -0.2) is 9.59 Å². The smallest absolute Gasteiger partial charge is 0.444 e. The van der Waals surface area contributed by atoms with Crippen molar-refractivity contribution in [3.8, 4) is 5.75 Å². The second-order valence-electron chi connectivity index (χ2n) is 7.39. The van der Waals surface area contributed by atoms with Gasteiger partial charge >= 0.3 is 12.2 Å². The lowest BCUT2D eigenvalue weighted by molar-refractivity contribution is 0.0205. The molecule has 0 bridgehead atoms.